The Morgan fingerprint density at radius 1 is 1.21 bits per heavy atom. The van der Waals surface area contributed by atoms with Crippen molar-refractivity contribution in [2.24, 2.45) is 5.92 Å². The molecule has 1 aliphatic heterocycles. The van der Waals surface area contributed by atoms with Crippen molar-refractivity contribution in [1.82, 2.24) is 10.2 Å². The van der Waals surface area contributed by atoms with Gasteiger partial charge < -0.3 is 20.0 Å². The molecule has 1 fully saturated rings. The van der Waals surface area contributed by atoms with Gasteiger partial charge in [0.2, 0.25) is 11.8 Å². The summed E-state index contributed by atoms with van der Waals surface area (Å²) >= 11 is 0. The molecule has 2 aromatic rings. The molecule has 2 N–H and O–H groups in total. The van der Waals surface area contributed by atoms with Gasteiger partial charge in [0.25, 0.3) is 5.91 Å². The second-order valence-electron chi connectivity index (χ2n) is 7.28. The van der Waals surface area contributed by atoms with Crippen LogP contribution in [0, 0.1) is 5.92 Å². The Bertz CT molecular complexity index is 845. The lowest BCUT2D eigenvalue weighted by Gasteiger charge is -2.21. The average molecular weight is 383 g/mol. The average Bonchev–Trinajstić information content (AvgIpc) is 3.32. The van der Waals surface area contributed by atoms with Gasteiger partial charge in [-0.2, -0.15) is 0 Å². The SMILES string of the molecule is CC(C)C(NC(=O)c1ccco1)C(=O)Nc1cccc(CN2CCCC2=O)c1. The zero-order valence-electron chi connectivity index (χ0n) is 16.1. The lowest BCUT2D eigenvalue weighted by molar-refractivity contribution is -0.128. The summed E-state index contributed by atoms with van der Waals surface area (Å²) in [6, 6.07) is 9.89. The van der Waals surface area contributed by atoms with Crippen molar-refractivity contribution in [2.75, 3.05) is 11.9 Å². The van der Waals surface area contributed by atoms with Gasteiger partial charge in [-0.25, -0.2) is 0 Å². The third-order valence-electron chi connectivity index (χ3n) is 4.72. The molecule has 1 saturated heterocycles. The maximum absolute atomic E-state index is 12.7. The monoisotopic (exact) mass is 383 g/mol. The summed E-state index contributed by atoms with van der Waals surface area (Å²) in [5, 5.41) is 5.58. The van der Waals surface area contributed by atoms with Crippen LogP contribution in [0.15, 0.2) is 47.1 Å². The maximum atomic E-state index is 12.7. The highest BCUT2D eigenvalue weighted by Crippen LogP contribution is 2.18. The smallest absolute Gasteiger partial charge is 0.287 e. The van der Waals surface area contributed by atoms with Gasteiger partial charge in [0.05, 0.1) is 6.26 Å². The van der Waals surface area contributed by atoms with E-state index in [0.717, 1.165) is 18.5 Å². The van der Waals surface area contributed by atoms with Crippen LogP contribution in [0.5, 0.6) is 0 Å². The molecule has 1 aliphatic rings. The standard InChI is InChI=1S/C21H25N3O4/c1-14(2)19(23-20(26)17-8-5-11-28-17)21(27)22-16-7-3-6-15(12-16)13-24-10-4-9-18(24)25/h3,5-8,11-12,14,19H,4,9-10,13H2,1-2H3,(H,22,27)(H,23,26). The van der Waals surface area contributed by atoms with E-state index in [1.807, 2.05) is 36.9 Å². The molecule has 7 heteroatoms. The number of nitrogens with one attached hydrogen (secondary N) is 2. The molecule has 1 aromatic heterocycles. The van der Waals surface area contributed by atoms with Crippen LogP contribution in [0.4, 0.5) is 5.69 Å². The Kier molecular flexibility index (Phi) is 6.13. The number of likely N-dealkylation sites (tertiary alicyclic amines) is 1. The lowest BCUT2D eigenvalue weighted by atomic mass is 10.0. The summed E-state index contributed by atoms with van der Waals surface area (Å²) in [5.74, 6) is -0.514. The lowest BCUT2D eigenvalue weighted by Crippen LogP contribution is -2.47. The number of furan rings is 1. The number of nitrogens with zero attached hydrogens (tertiary/aromatic N) is 1. The minimum Gasteiger partial charge on any atom is -0.459 e. The molecule has 7 nitrogen and oxygen atoms in total. The number of benzene rings is 1. The van der Waals surface area contributed by atoms with Crippen molar-refractivity contribution >= 4 is 23.4 Å². The van der Waals surface area contributed by atoms with E-state index in [1.165, 1.54) is 6.26 Å². The number of hydrogen-bond donors (Lipinski definition) is 2. The van der Waals surface area contributed by atoms with Crippen LogP contribution in [0.25, 0.3) is 0 Å². The van der Waals surface area contributed by atoms with Gasteiger partial charge >= 0.3 is 0 Å². The first-order valence-corrected chi connectivity index (χ1v) is 9.46. The molecular weight excluding hydrogens is 358 g/mol. The molecule has 0 spiro atoms. The summed E-state index contributed by atoms with van der Waals surface area (Å²) in [4.78, 5) is 38.6. The predicted molar refractivity (Wildman–Crippen MR) is 105 cm³/mol. The van der Waals surface area contributed by atoms with Gasteiger partial charge in [0.1, 0.15) is 6.04 Å². The molecule has 3 rings (SSSR count). The van der Waals surface area contributed by atoms with Crippen molar-refractivity contribution in [3.8, 4) is 0 Å². The van der Waals surface area contributed by atoms with E-state index in [9.17, 15) is 14.4 Å². The molecule has 3 amide bonds. The third-order valence-corrected chi connectivity index (χ3v) is 4.72. The fraction of sp³-hybridized carbons (Fsp3) is 0.381. The number of carbonyl (C=O) groups excluding carboxylic acids is 3. The molecule has 148 valence electrons. The highest BCUT2D eigenvalue weighted by Gasteiger charge is 2.26. The molecule has 0 radical (unpaired) electrons. The molecule has 2 heterocycles. The van der Waals surface area contributed by atoms with Crippen LogP contribution < -0.4 is 10.6 Å². The molecule has 0 bridgehead atoms. The quantitative estimate of drug-likeness (QED) is 0.769. The summed E-state index contributed by atoms with van der Waals surface area (Å²) < 4.78 is 5.09. The summed E-state index contributed by atoms with van der Waals surface area (Å²) in [7, 11) is 0. The second-order valence-corrected chi connectivity index (χ2v) is 7.28. The van der Waals surface area contributed by atoms with Gasteiger partial charge in [-0.1, -0.05) is 26.0 Å². The van der Waals surface area contributed by atoms with E-state index in [1.54, 1.807) is 18.2 Å². The van der Waals surface area contributed by atoms with E-state index < -0.39 is 11.9 Å². The summed E-state index contributed by atoms with van der Waals surface area (Å²) in [5.41, 5.74) is 1.58. The van der Waals surface area contributed by atoms with Crippen LogP contribution in [0.1, 0.15) is 42.8 Å². The van der Waals surface area contributed by atoms with E-state index >= 15 is 0 Å². The first kappa shape index (κ1) is 19.7. The van der Waals surface area contributed by atoms with E-state index in [2.05, 4.69) is 10.6 Å². The molecule has 0 saturated carbocycles. The number of hydrogen-bond acceptors (Lipinski definition) is 4. The predicted octanol–water partition coefficient (Wildman–Crippen LogP) is 2.80. The fourth-order valence-corrected chi connectivity index (χ4v) is 3.21. The van der Waals surface area contributed by atoms with E-state index in [-0.39, 0.29) is 23.5 Å². The first-order valence-electron chi connectivity index (χ1n) is 9.46. The number of carbonyl (C=O) groups is 3. The molecular formula is C21H25N3O4. The highest BCUT2D eigenvalue weighted by molar-refractivity contribution is 6.00. The molecule has 0 aliphatic carbocycles. The largest absolute Gasteiger partial charge is 0.459 e. The normalized spacial score (nSPS) is 15.0. The zero-order chi connectivity index (χ0) is 20.1. The van der Waals surface area contributed by atoms with Crippen LogP contribution >= 0.6 is 0 Å². The second kappa shape index (κ2) is 8.73. The minimum absolute atomic E-state index is 0.107. The van der Waals surface area contributed by atoms with E-state index in [0.29, 0.717) is 18.7 Å². The number of rotatable bonds is 7. The Labute approximate surface area is 164 Å². The van der Waals surface area contributed by atoms with Gasteiger partial charge in [-0.05, 0) is 42.2 Å². The highest BCUT2D eigenvalue weighted by atomic mass is 16.3. The zero-order valence-corrected chi connectivity index (χ0v) is 16.1. The fourth-order valence-electron chi connectivity index (χ4n) is 3.21. The summed E-state index contributed by atoms with van der Waals surface area (Å²) in [6.07, 6.45) is 2.90. The van der Waals surface area contributed by atoms with Crippen LogP contribution in [-0.4, -0.2) is 35.2 Å². The van der Waals surface area contributed by atoms with Crippen LogP contribution in [-0.2, 0) is 16.1 Å². The molecule has 1 unspecified atom stereocenters. The minimum atomic E-state index is -0.707. The maximum Gasteiger partial charge on any atom is 0.287 e. The molecule has 1 aromatic carbocycles. The van der Waals surface area contributed by atoms with Gasteiger partial charge in [0, 0.05) is 25.2 Å². The number of anilines is 1. The molecule has 28 heavy (non-hydrogen) atoms. The number of amides is 3. The van der Waals surface area contributed by atoms with Gasteiger partial charge in [-0.15, -0.1) is 0 Å². The van der Waals surface area contributed by atoms with Crippen molar-refractivity contribution in [1.29, 1.82) is 0 Å². The first-order chi connectivity index (χ1) is 13.4. The Morgan fingerprint density at radius 2 is 2.04 bits per heavy atom. The van der Waals surface area contributed by atoms with Crippen LogP contribution in [0.2, 0.25) is 0 Å². The Morgan fingerprint density at radius 3 is 2.68 bits per heavy atom. The molecule has 1 atom stereocenters. The Balaban J connectivity index is 1.65. The van der Waals surface area contributed by atoms with Crippen molar-refractivity contribution in [2.45, 2.75) is 39.3 Å². The Hall–Kier alpha value is -3.09. The topological polar surface area (TPSA) is 91.7 Å². The third kappa shape index (κ3) is 4.79. The van der Waals surface area contributed by atoms with Crippen LogP contribution in [0.3, 0.4) is 0 Å². The van der Waals surface area contributed by atoms with Crippen molar-refractivity contribution in [3.05, 3.63) is 54.0 Å². The van der Waals surface area contributed by atoms with Crippen molar-refractivity contribution in [3.63, 3.8) is 0 Å². The van der Waals surface area contributed by atoms with E-state index in [4.69, 9.17) is 4.42 Å². The van der Waals surface area contributed by atoms with Gasteiger partial charge in [-0.3, -0.25) is 14.4 Å². The summed E-state index contributed by atoms with van der Waals surface area (Å²) in [6.45, 7) is 5.03. The van der Waals surface area contributed by atoms with Crippen molar-refractivity contribution < 1.29 is 18.8 Å². The van der Waals surface area contributed by atoms with Gasteiger partial charge in [0.15, 0.2) is 5.76 Å².